The van der Waals surface area contributed by atoms with Gasteiger partial charge in [0.25, 0.3) is 0 Å². The summed E-state index contributed by atoms with van der Waals surface area (Å²) >= 11 is 0. The van der Waals surface area contributed by atoms with Gasteiger partial charge in [0.05, 0.1) is 0 Å². The minimum absolute atomic E-state index is 0.0710. The Kier molecular flexibility index (Phi) is 9.43. The number of aliphatic carboxylic acids is 1. The summed E-state index contributed by atoms with van der Waals surface area (Å²) in [5.41, 5.74) is 0. The Balaban J connectivity index is 3.27. The second-order valence-electron chi connectivity index (χ2n) is 4.35. The van der Waals surface area contributed by atoms with Crippen molar-refractivity contribution in [2.24, 2.45) is 5.92 Å². The molecule has 0 rings (SSSR count). The van der Waals surface area contributed by atoms with Crippen LogP contribution in [0.2, 0.25) is 0 Å². The molecule has 0 aromatic carbocycles. The van der Waals surface area contributed by atoms with Crippen molar-refractivity contribution in [2.45, 2.75) is 39.0 Å². The van der Waals surface area contributed by atoms with Gasteiger partial charge in [0.2, 0.25) is 5.91 Å². The average Bonchev–Trinajstić information content (AvgIpc) is 2.30. The van der Waals surface area contributed by atoms with Crippen molar-refractivity contribution in [3.63, 3.8) is 0 Å². The summed E-state index contributed by atoms with van der Waals surface area (Å²) in [4.78, 5) is 21.3. The van der Waals surface area contributed by atoms with Gasteiger partial charge < -0.3 is 15.7 Å². The smallest absolute Gasteiger partial charge is 0.303 e. The molecule has 1 unspecified atom stereocenters. The van der Waals surface area contributed by atoms with Gasteiger partial charge in [-0.2, -0.15) is 0 Å². The molecule has 0 aliphatic rings. The third-order valence-corrected chi connectivity index (χ3v) is 2.70. The first-order valence-electron chi connectivity index (χ1n) is 6.19. The lowest BCUT2D eigenvalue weighted by Crippen LogP contribution is -2.22. The van der Waals surface area contributed by atoms with Crippen molar-refractivity contribution in [3.05, 3.63) is 0 Å². The van der Waals surface area contributed by atoms with Gasteiger partial charge >= 0.3 is 5.97 Å². The molecule has 100 valence electrons. The Hall–Kier alpha value is -1.10. The highest BCUT2D eigenvalue weighted by atomic mass is 16.4. The number of hydrogen-bond acceptors (Lipinski definition) is 3. The molecule has 0 radical (unpaired) electrons. The van der Waals surface area contributed by atoms with Crippen LogP contribution < -0.4 is 10.6 Å². The normalized spacial score (nSPS) is 12.1. The van der Waals surface area contributed by atoms with Gasteiger partial charge in [0, 0.05) is 19.9 Å². The summed E-state index contributed by atoms with van der Waals surface area (Å²) in [5, 5.41) is 14.4. The second-order valence-corrected chi connectivity index (χ2v) is 4.35. The zero-order chi connectivity index (χ0) is 13.1. The molecule has 0 fully saturated rings. The molecule has 17 heavy (non-hydrogen) atoms. The van der Waals surface area contributed by atoms with E-state index in [9.17, 15) is 9.59 Å². The van der Waals surface area contributed by atoms with Crippen molar-refractivity contribution < 1.29 is 14.7 Å². The van der Waals surface area contributed by atoms with Crippen molar-refractivity contribution >= 4 is 11.9 Å². The van der Waals surface area contributed by atoms with Crippen LogP contribution in [0.5, 0.6) is 0 Å². The van der Waals surface area contributed by atoms with Gasteiger partial charge in [-0.1, -0.05) is 6.92 Å². The lowest BCUT2D eigenvalue weighted by atomic mass is 10.0. The summed E-state index contributed by atoms with van der Waals surface area (Å²) in [5.74, 6) is -0.227. The van der Waals surface area contributed by atoms with Crippen molar-refractivity contribution in [2.75, 3.05) is 20.1 Å². The summed E-state index contributed by atoms with van der Waals surface area (Å²) < 4.78 is 0. The Morgan fingerprint density at radius 2 is 1.88 bits per heavy atom. The summed E-state index contributed by atoms with van der Waals surface area (Å²) in [6.45, 7) is 3.78. The predicted molar refractivity (Wildman–Crippen MR) is 66.8 cm³/mol. The molecule has 0 aromatic heterocycles. The van der Waals surface area contributed by atoms with E-state index >= 15 is 0 Å². The Morgan fingerprint density at radius 1 is 1.18 bits per heavy atom. The molecule has 1 atom stereocenters. The number of carbonyl (C=O) groups is 2. The minimum Gasteiger partial charge on any atom is -0.481 e. The van der Waals surface area contributed by atoms with Crippen LogP contribution in [-0.2, 0) is 9.59 Å². The van der Waals surface area contributed by atoms with Gasteiger partial charge in [-0.3, -0.25) is 9.59 Å². The molecular weight excluding hydrogens is 220 g/mol. The molecule has 0 spiro atoms. The Morgan fingerprint density at radius 3 is 2.47 bits per heavy atom. The fourth-order valence-electron chi connectivity index (χ4n) is 1.49. The summed E-state index contributed by atoms with van der Waals surface area (Å²) in [6, 6.07) is 0. The van der Waals surface area contributed by atoms with E-state index < -0.39 is 5.97 Å². The van der Waals surface area contributed by atoms with Crippen LogP contribution in [0.15, 0.2) is 0 Å². The van der Waals surface area contributed by atoms with Crippen LogP contribution in [0.1, 0.15) is 39.0 Å². The maximum Gasteiger partial charge on any atom is 0.303 e. The van der Waals surface area contributed by atoms with E-state index in [2.05, 4.69) is 17.6 Å². The third-order valence-electron chi connectivity index (χ3n) is 2.70. The monoisotopic (exact) mass is 244 g/mol. The van der Waals surface area contributed by atoms with E-state index in [1.54, 1.807) is 7.05 Å². The summed E-state index contributed by atoms with van der Waals surface area (Å²) in [6.07, 6.45) is 3.35. The van der Waals surface area contributed by atoms with E-state index in [-0.39, 0.29) is 12.3 Å². The van der Waals surface area contributed by atoms with Gasteiger partial charge in [-0.25, -0.2) is 0 Å². The highest BCUT2D eigenvalue weighted by molar-refractivity contribution is 5.75. The average molecular weight is 244 g/mol. The first-order valence-corrected chi connectivity index (χ1v) is 6.19. The van der Waals surface area contributed by atoms with Crippen molar-refractivity contribution in [1.29, 1.82) is 0 Å². The van der Waals surface area contributed by atoms with E-state index in [1.165, 1.54) is 0 Å². The first kappa shape index (κ1) is 15.9. The predicted octanol–water partition coefficient (Wildman–Crippen LogP) is 0.993. The molecule has 5 nitrogen and oxygen atoms in total. The van der Waals surface area contributed by atoms with Crippen LogP contribution in [0.3, 0.4) is 0 Å². The maximum absolute atomic E-state index is 10.9. The van der Waals surface area contributed by atoms with Crippen LogP contribution >= 0.6 is 0 Å². The van der Waals surface area contributed by atoms with Gasteiger partial charge in [-0.15, -0.1) is 0 Å². The highest BCUT2D eigenvalue weighted by Gasteiger charge is 2.05. The second kappa shape index (κ2) is 10.1. The van der Waals surface area contributed by atoms with E-state index in [4.69, 9.17) is 5.11 Å². The molecule has 1 amide bonds. The number of nitrogens with one attached hydrogen (secondary N) is 2. The molecule has 0 aromatic rings. The SMILES string of the molecule is CNC(=O)CCCNCCC(C)CCC(=O)O. The standard InChI is InChI=1S/C12H24N2O3/c1-10(5-6-12(16)17)7-9-14-8-3-4-11(15)13-2/h10,14H,3-9H2,1-2H3,(H,13,15)(H,16,17). The topological polar surface area (TPSA) is 78.4 Å². The molecule has 0 saturated heterocycles. The van der Waals surface area contributed by atoms with Crippen LogP contribution in [0.4, 0.5) is 0 Å². The molecule has 0 bridgehead atoms. The maximum atomic E-state index is 10.9. The lowest BCUT2D eigenvalue weighted by Gasteiger charge is -2.10. The Bertz CT molecular complexity index is 232. The van der Waals surface area contributed by atoms with E-state index in [1.807, 2.05) is 0 Å². The minimum atomic E-state index is -0.726. The summed E-state index contributed by atoms with van der Waals surface area (Å²) in [7, 11) is 1.64. The first-order chi connectivity index (χ1) is 8.06. The number of hydrogen-bond donors (Lipinski definition) is 3. The molecule has 5 heteroatoms. The fourth-order valence-corrected chi connectivity index (χ4v) is 1.49. The fraction of sp³-hybridized carbons (Fsp3) is 0.833. The van der Waals surface area contributed by atoms with E-state index in [0.717, 1.165) is 32.4 Å². The zero-order valence-electron chi connectivity index (χ0n) is 10.8. The Labute approximate surface area is 103 Å². The van der Waals surface area contributed by atoms with Gasteiger partial charge in [0.1, 0.15) is 0 Å². The third kappa shape index (κ3) is 11.2. The molecular formula is C12H24N2O3. The van der Waals surface area contributed by atoms with Crippen LogP contribution in [0, 0.1) is 5.92 Å². The number of amides is 1. The molecule has 3 N–H and O–H groups in total. The zero-order valence-corrected chi connectivity index (χ0v) is 10.8. The van der Waals surface area contributed by atoms with Crippen molar-refractivity contribution in [3.8, 4) is 0 Å². The molecule has 0 aliphatic heterocycles. The van der Waals surface area contributed by atoms with Crippen molar-refractivity contribution in [1.82, 2.24) is 10.6 Å². The number of rotatable bonds is 10. The molecule has 0 aliphatic carbocycles. The number of carboxylic acids is 1. The number of carboxylic acid groups (broad SMARTS) is 1. The quantitative estimate of drug-likeness (QED) is 0.501. The van der Waals surface area contributed by atoms with Gasteiger partial charge in [0.15, 0.2) is 0 Å². The highest BCUT2D eigenvalue weighted by Crippen LogP contribution is 2.08. The molecule has 0 heterocycles. The largest absolute Gasteiger partial charge is 0.481 e. The molecule has 0 saturated carbocycles. The van der Waals surface area contributed by atoms with E-state index in [0.29, 0.717) is 12.3 Å². The van der Waals surface area contributed by atoms with Crippen LogP contribution in [-0.4, -0.2) is 37.1 Å². The van der Waals surface area contributed by atoms with Gasteiger partial charge in [-0.05, 0) is 38.3 Å². The number of carbonyl (C=O) groups excluding carboxylic acids is 1. The van der Waals surface area contributed by atoms with Crippen LogP contribution in [0.25, 0.3) is 0 Å². The lowest BCUT2D eigenvalue weighted by molar-refractivity contribution is -0.137.